The third-order valence-electron chi connectivity index (χ3n) is 3.70. The molecule has 6 atom stereocenters. The lowest BCUT2D eigenvalue weighted by Gasteiger charge is -2.25. The summed E-state index contributed by atoms with van der Waals surface area (Å²) in [6, 6.07) is 0. The van der Waals surface area contributed by atoms with E-state index in [1.54, 1.807) is 12.2 Å². The number of terminal acetylenes is 1. The first kappa shape index (κ1) is 20.8. The molecule has 0 amide bonds. The van der Waals surface area contributed by atoms with E-state index in [1.165, 1.54) is 6.92 Å². The van der Waals surface area contributed by atoms with Crippen LogP contribution < -0.4 is 0 Å². The first-order valence-electron chi connectivity index (χ1n) is 7.76. The Kier molecular flexibility index (Phi) is 9.61. The van der Waals surface area contributed by atoms with Gasteiger partial charge in [0.2, 0.25) is 0 Å². The van der Waals surface area contributed by atoms with Crippen LogP contribution in [0, 0.1) is 12.3 Å². The normalized spacial score (nSPS) is 30.1. The van der Waals surface area contributed by atoms with Crippen LogP contribution in [0.3, 0.4) is 0 Å². The lowest BCUT2D eigenvalue weighted by atomic mass is 10.0. The van der Waals surface area contributed by atoms with E-state index < -0.39 is 6.10 Å². The average molecular weight is 426 g/mol. The fourth-order valence-electron chi connectivity index (χ4n) is 2.61. The van der Waals surface area contributed by atoms with Gasteiger partial charge in [-0.2, -0.15) is 0 Å². The molecule has 0 radical (unpaired) electrons. The van der Waals surface area contributed by atoms with Crippen molar-refractivity contribution >= 4 is 45.1 Å². The molecule has 0 aromatic rings. The van der Waals surface area contributed by atoms with E-state index in [0.717, 1.165) is 12.8 Å². The van der Waals surface area contributed by atoms with Crippen molar-refractivity contribution in [3.05, 3.63) is 12.2 Å². The molecule has 1 saturated heterocycles. The minimum absolute atomic E-state index is 0.0700. The highest BCUT2D eigenvalue weighted by Gasteiger charge is 2.43. The molecule has 0 aromatic carbocycles. The second kappa shape index (κ2) is 10.6. The van der Waals surface area contributed by atoms with Crippen molar-refractivity contribution in [2.45, 2.75) is 73.4 Å². The van der Waals surface area contributed by atoms with Crippen molar-refractivity contribution in [2.75, 3.05) is 0 Å². The van der Waals surface area contributed by atoms with Gasteiger partial charge in [0.1, 0.15) is 6.10 Å². The van der Waals surface area contributed by atoms with E-state index in [2.05, 4.69) is 28.8 Å². The van der Waals surface area contributed by atoms with Crippen molar-refractivity contribution in [2.24, 2.45) is 0 Å². The van der Waals surface area contributed by atoms with Crippen LogP contribution in [0.25, 0.3) is 0 Å². The summed E-state index contributed by atoms with van der Waals surface area (Å²) in [5.41, 5.74) is 0. The van der Waals surface area contributed by atoms with Crippen LogP contribution >= 0.6 is 39.1 Å². The van der Waals surface area contributed by atoms with Crippen LogP contribution in [0.4, 0.5) is 0 Å². The van der Waals surface area contributed by atoms with Crippen molar-refractivity contribution in [3.8, 4) is 12.3 Å². The molecule has 0 N–H and O–H groups in total. The fourth-order valence-corrected chi connectivity index (χ4v) is 3.92. The van der Waals surface area contributed by atoms with Gasteiger partial charge in [0.05, 0.1) is 27.8 Å². The molecule has 0 saturated carbocycles. The predicted molar refractivity (Wildman–Crippen MR) is 98.3 cm³/mol. The van der Waals surface area contributed by atoms with E-state index >= 15 is 0 Å². The van der Waals surface area contributed by atoms with Gasteiger partial charge in [-0.15, -0.1) is 29.6 Å². The number of esters is 1. The maximum Gasteiger partial charge on any atom is 0.302 e. The van der Waals surface area contributed by atoms with E-state index in [1.807, 2.05) is 0 Å². The Morgan fingerprint density at radius 2 is 2.22 bits per heavy atom. The zero-order chi connectivity index (χ0) is 17.4. The molecule has 3 nitrogen and oxygen atoms in total. The van der Waals surface area contributed by atoms with E-state index in [-0.39, 0.29) is 33.8 Å². The molecule has 1 aliphatic heterocycles. The first-order chi connectivity index (χ1) is 10.9. The molecule has 0 spiro atoms. The first-order valence-corrected chi connectivity index (χ1v) is 9.55. The Balaban J connectivity index is 2.71. The maximum absolute atomic E-state index is 11.4. The Labute approximate surface area is 157 Å². The quantitative estimate of drug-likeness (QED) is 0.327. The number of halogens is 3. The van der Waals surface area contributed by atoms with Gasteiger partial charge in [0, 0.05) is 13.3 Å². The summed E-state index contributed by atoms with van der Waals surface area (Å²) in [6.45, 7) is 3.47. The Morgan fingerprint density at radius 3 is 2.78 bits per heavy atom. The summed E-state index contributed by atoms with van der Waals surface area (Å²) in [7, 11) is 0. The third kappa shape index (κ3) is 6.66. The van der Waals surface area contributed by atoms with Gasteiger partial charge >= 0.3 is 5.97 Å². The fraction of sp³-hybridized carbons (Fsp3) is 0.706. The number of carbonyl (C=O) groups is 1. The van der Waals surface area contributed by atoms with Gasteiger partial charge in [0.25, 0.3) is 0 Å². The van der Waals surface area contributed by atoms with Crippen LogP contribution in [0.5, 0.6) is 0 Å². The summed E-state index contributed by atoms with van der Waals surface area (Å²) in [4.78, 5) is 11.4. The monoisotopic (exact) mass is 424 g/mol. The number of alkyl halides is 3. The minimum atomic E-state index is -0.470. The lowest BCUT2D eigenvalue weighted by Crippen LogP contribution is -2.34. The molecular weight excluding hydrogens is 403 g/mol. The number of hydrogen-bond acceptors (Lipinski definition) is 3. The van der Waals surface area contributed by atoms with Crippen molar-refractivity contribution < 1.29 is 14.3 Å². The molecule has 0 aromatic heterocycles. The van der Waals surface area contributed by atoms with E-state index in [0.29, 0.717) is 12.8 Å². The summed E-state index contributed by atoms with van der Waals surface area (Å²) in [5, 5.41) is -0.565. The summed E-state index contributed by atoms with van der Waals surface area (Å²) in [5.74, 6) is 2.04. The molecule has 1 rings (SSSR count). The molecule has 0 aliphatic carbocycles. The standard InChI is InChI=1S/C17H23BrCl2O3/c1-4-6-7-9-12(19)14(22-11(3)21)10-15-17(20)16(18)13(23-15)8-5-2/h1,6-7,12-17H,5,8-10H2,2-3H3. The SMILES string of the molecule is C#CC=CCC(Cl)C(CC1OC(CCC)C(Br)C1Cl)OC(C)=O. The van der Waals surface area contributed by atoms with Crippen LogP contribution in [-0.2, 0) is 14.3 Å². The molecule has 130 valence electrons. The Hall–Kier alpha value is -0.210. The molecule has 1 fully saturated rings. The predicted octanol–water partition coefficient (Wildman–Crippen LogP) is 4.43. The molecule has 1 heterocycles. The zero-order valence-electron chi connectivity index (χ0n) is 13.4. The summed E-state index contributed by atoms with van der Waals surface area (Å²) < 4.78 is 11.4. The van der Waals surface area contributed by atoms with Crippen LogP contribution in [-0.4, -0.2) is 39.9 Å². The van der Waals surface area contributed by atoms with Gasteiger partial charge in [-0.25, -0.2) is 0 Å². The largest absolute Gasteiger partial charge is 0.461 e. The molecule has 1 aliphatic rings. The molecule has 0 bridgehead atoms. The number of rotatable bonds is 8. The molecule has 23 heavy (non-hydrogen) atoms. The number of ether oxygens (including phenoxy) is 2. The third-order valence-corrected chi connectivity index (χ3v) is 6.17. The summed E-state index contributed by atoms with van der Waals surface area (Å²) in [6.07, 6.45) is 10.9. The van der Waals surface area contributed by atoms with Crippen molar-refractivity contribution in [3.63, 3.8) is 0 Å². The van der Waals surface area contributed by atoms with Crippen LogP contribution in [0.15, 0.2) is 12.2 Å². The number of allylic oxidation sites excluding steroid dienone is 2. The average Bonchev–Trinajstić information content (AvgIpc) is 2.75. The second-order valence-corrected chi connectivity index (χ2v) is 7.72. The highest BCUT2D eigenvalue weighted by molar-refractivity contribution is 9.09. The number of hydrogen-bond donors (Lipinski definition) is 0. The topological polar surface area (TPSA) is 35.5 Å². The van der Waals surface area contributed by atoms with E-state index in [4.69, 9.17) is 39.1 Å². The van der Waals surface area contributed by atoms with Crippen LogP contribution in [0.1, 0.15) is 39.5 Å². The molecular formula is C17H23BrCl2O3. The second-order valence-electron chi connectivity index (χ2n) is 5.59. The lowest BCUT2D eigenvalue weighted by molar-refractivity contribution is -0.148. The van der Waals surface area contributed by atoms with Gasteiger partial charge in [0.15, 0.2) is 0 Å². The highest BCUT2D eigenvalue weighted by atomic mass is 79.9. The molecule has 6 unspecified atom stereocenters. The highest BCUT2D eigenvalue weighted by Crippen LogP contribution is 2.36. The smallest absolute Gasteiger partial charge is 0.302 e. The molecule has 6 heteroatoms. The number of carbonyl (C=O) groups excluding carboxylic acids is 1. The van der Waals surface area contributed by atoms with Gasteiger partial charge in [-0.05, 0) is 18.9 Å². The van der Waals surface area contributed by atoms with Gasteiger partial charge < -0.3 is 9.47 Å². The summed E-state index contributed by atoms with van der Waals surface area (Å²) >= 11 is 16.5. The minimum Gasteiger partial charge on any atom is -0.461 e. The van der Waals surface area contributed by atoms with E-state index in [9.17, 15) is 4.79 Å². The van der Waals surface area contributed by atoms with Crippen LogP contribution in [0.2, 0.25) is 0 Å². The zero-order valence-corrected chi connectivity index (χ0v) is 16.5. The van der Waals surface area contributed by atoms with Gasteiger partial charge in [-0.1, -0.05) is 41.3 Å². The van der Waals surface area contributed by atoms with Gasteiger partial charge in [-0.3, -0.25) is 4.79 Å². The Morgan fingerprint density at radius 1 is 1.52 bits per heavy atom. The maximum atomic E-state index is 11.4. The Bertz CT molecular complexity index is 450. The van der Waals surface area contributed by atoms with Crippen molar-refractivity contribution in [1.29, 1.82) is 0 Å². The van der Waals surface area contributed by atoms with Crippen molar-refractivity contribution in [1.82, 2.24) is 0 Å².